The van der Waals surface area contributed by atoms with E-state index in [1.54, 1.807) is 25.2 Å². The Morgan fingerprint density at radius 3 is 2.62 bits per heavy atom. The minimum absolute atomic E-state index is 0.0337. The number of allylic oxidation sites excluding steroid dienone is 1. The number of carbonyl (C=O) groups is 2. The molecule has 2 rings (SSSR count). The lowest BCUT2D eigenvalue weighted by Gasteiger charge is -2.14. The van der Waals surface area contributed by atoms with Crippen LogP contribution < -0.4 is 0 Å². The van der Waals surface area contributed by atoms with Crippen LogP contribution in [0.25, 0.3) is 6.08 Å². The summed E-state index contributed by atoms with van der Waals surface area (Å²) in [6, 6.07) is 2.41. The smallest absolute Gasteiger partial charge is 0.342 e. The summed E-state index contributed by atoms with van der Waals surface area (Å²) < 4.78 is 5.26. The molecule has 0 spiro atoms. The van der Waals surface area contributed by atoms with Crippen molar-refractivity contribution >= 4 is 17.8 Å². The summed E-state index contributed by atoms with van der Waals surface area (Å²) in [6.07, 6.45) is 5.34. The van der Waals surface area contributed by atoms with Gasteiger partial charge in [-0.3, -0.25) is 4.79 Å². The number of rotatable bonds is 0. The molecule has 0 saturated heterocycles. The van der Waals surface area contributed by atoms with E-state index in [1.165, 1.54) is 12.1 Å². The molecule has 0 saturated carbocycles. The summed E-state index contributed by atoms with van der Waals surface area (Å²) in [6.45, 7) is 1.65. The van der Waals surface area contributed by atoms with Crippen LogP contribution in [-0.2, 0) is 9.53 Å². The highest BCUT2D eigenvalue weighted by Crippen LogP contribution is 2.29. The van der Waals surface area contributed by atoms with Crippen LogP contribution in [0.4, 0.5) is 0 Å². The number of benzene rings is 1. The van der Waals surface area contributed by atoms with Crippen molar-refractivity contribution in [1.82, 2.24) is 0 Å². The third-order valence-electron chi connectivity index (χ3n) is 3.63. The summed E-state index contributed by atoms with van der Waals surface area (Å²) in [5.74, 6) is -1.66. The van der Waals surface area contributed by atoms with Crippen LogP contribution >= 0.6 is 0 Å². The molecule has 1 aromatic rings. The molecule has 1 aliphatic rings. The van der Waals surface area contributed by atoms with Crippen molar-refractivity contribution in [2.75, 3.05) is 0 Å². The Hall–Kier alpha value is -2.60. The van der Waals surface area contributed by atoms with Gasteiger partial charge in [0.25, 0.3) is 0 Å². The number of phenols is 2. The van der Waals surface area contributed by atoms with Gasteiger partial charge in [0.15, 0.2) is 5.78 Å². The Morgan fingerprint density at radius 1 is 1.12 bits per heavy atom. The maximum Gasteiger partial charge on any atom is 0.342 e. The van der Waals surface area contributed by atoms with Gasteiger partial charge in [-0.15, -0.1) is 0 Å². The zero-order valence-electron chi connectivity index (χ0n) is 13.3. The highest BCUT2D eigenvalue weighted by atomic mass is 16.5. The molecule has 3 N–H and O–H groups in total. The van der Waals surface area contributed by atoms with Crippen LogP contribution in [0.2, 0.25) is 0 Å². The van der Waals surface area contributed by atoms with Crippen LogP contribution in [-0.4, -0.2) is 39.3 Å². The molecule has 0 amide bonds. The third-order valence-corrected chi connectivity index (χ3v) is 3.63. The number of fused-ring (bicyclic) bond motifs is 1. The van der Waals surface area contributed by atoms with E-state index >= 15 is 0 Å². The predicted octanol–water partition coefficient (Wildman–Crippen LogP) is 2.33. The van der Waals surface area contributed by atoms with Gasteiger partial charge < -0.3 is 20.1 Å². The van der Waals surface area contributed by atoms with E-state index in [-0.39, 0.29) is 23.5 Å². The molecular formula is C18H20O6. The molecule has 2 atom stereocenters. The summed E-state index contributed by atoms with van der Waals surface area (Å²) in [5, 5.41) is 29.4. The fraction of sp³-hybridized carbons (Fsp3) is 0.333. The Morgan fingerprint density at radius 2 is 1.88 bits per heavy atom. The molecule has 0 radical (unpaired) electrons. The summed E-state index contributed by atoms with van der Waals surface area (Å²) in [5.41, 5.74) is 0.270. The number of ether oxygens (including phenoxy) is 1. The summed E-state index contributed by atoms with van der Waals surface area (Å²) in [7, 11) is 0. The maximum absolute atomic E-state index is 12.3. The highest BCUT2D eigenvalue weighted by molar-refractivity contribution is 5.97. The molecule has 1 aromatic carbocycles. The summed E-state index contributed by atoms with van der Waals surface area (Å²) >= 11 is 0. The average molecular weight is 332 g/mol. The zero-order valence-corrected chi connectivity index (χ0v) is 13.3. The number of cyclic esters (lactones) is 1. The molecule has 6 nitrogen and oxygen atoms in total. The molecule has 0 aromatic heterocycles. The topological polar surface area (TPSA) is 104 Å². The molecule has 0 unspecified atom stereocenters. The van der Waals surface area contributed by atoms with E-state index in [1.807, 2.05) is 0 Å². The van der Waals surface area contributed by atoms with Crippen molar-refractivity contribution in [2.45, 2.75) is 38.4 Å². The van der Waals surface area contributed by atoms with Gasteiger partial charge in [-0.2, -0.15) is 0 Å². The van der Waals surface area contributed by atoms with Gasteiger partial charge in [-0.05, 0) is 37.5 Å². The first-order valence-electron chi connectivity index (χ1n) is 7.70. The van der Waals surface area contributed by atoms with Gasteiger partial charge in [0.05, 0.1) is 0 Å². The van der Waals surface area contributed by atoms with Crippen molar-refractivity contribution in [3.63, 3.8) is 0 Å². The van der Waals surface area contributed by atoms with E-state index in [2.05, 4.69) is 0 Å². The third kappa shape index (κ3) is 4.45. The molecule has 0 bridgehead atoms. The number of carbonyl (C=O) groups excluding carboxylic acids is 2. The number of aliphatic hydroxyl groups is 1. The van der Waals surface area contributed by atoms with Crippen molar-refractivity contribution < 1.29 is 29.6 Å². The van der Waals surface area contributed by atoms with E-state index in [4.69, 9.17) is 4.74 Å². The number of aromatic hydroxyl groups is 2. The van der Waals surface area contributed by atoms with Crippen molar-refractivity contribution in [3.05, 3.63) is 41.5 Å². The normalized spacial score (nSPS) is 25.2. The van der Waals surface area contributed by atoms with Crippen LogP contribution in [0.1, 0.15) is 42.1 Å². The van der Waals surface area contributed by atoms with E-state index < -0.39 is 24.0 Å². The maximum atomic E-state index is 12.3. The van der Waals surface area contributed by atoms with Crippen molar-refractivity contribution in [3.8, 4) is 11.5 Å². The Bertz CT molecular complexity index is 689. The second-order valence-corrected chi connectivity index (χ2v) is 5.68. The van der Waals surface area contributed by atoms with Crippen molar-refractivity contribution in [2.24, 2.45) is 0 Å². The molecule has 24 heavy (non-hydrogen) atoms. The zero-order chi connectivity index (χ0) is 17.7. The molecule has 0 aliphatic carbocycles. The number of hydrogen-bond donors (Lipinski definition) is 3. The fourth-order valence-corrected chi connectivity index (χ4v) is 2.37. The highest BCUT2D eigenvalue weighted by Gasteiger charge is 2.20. The van der Waals surface area contributed by atoms with Gasteiger partial charge in [-0.1, -0.05) is 18.2 Å². The van der Waals surface area contributed by atoms with E-state index in [0.29, 0.717) is 18.4 Å². The van der Waals surface area contributed by atoms with Crippen LogP contribution in [0.5, 0.6) is 11.5 Å². The number of esters is 1. The molecule has 1 heterocycles. The molecule has 6 heteroatoms. The van der Waals surface area contributed by atoms with Crippen LogP contribution in [0, 0.1) is 0 Å². The summed E-state index contributed by atoms with van der Waals surface area (Å²) in [4.78, 5) is 24.0. The van der Waals surface area contributed by atoms with Gasteiger partial charge in [0.1, 0.15) is 29.3 Å². The van der Waals surface area contributed by atoms with Crippen LogP contribution in [0.3, 0.4) is 0 Å². The number of ketones is 1. The number of phenolic OH excluding ortho intramolecular Hbond substituents is 2. The molecule has 0 fully saturated rings. The Kier molecular flexibility index (Phi) is 5.76. The first-order valence-corrected chi connectivity index (χ1v) is 7.70. The lowest BCUT2D eigenvalue weighted by molar-refractivity contribution is -0.122. The van der Waals surface area contributed by atoms with E-state index in [0.717, 1.165) is 6.07 Å². The van der Waals surface area contributed by atoms with Crippen LogP contribution in [0.15, 0.2) is 30.4 Å². The fourth-order valence-electron chi connectivity index (χ4n) is 2.37. The standard InChI is InChI=1S/C18H20O6/c1-11-5-4-8-15(21)14(20)7-3-2-6-12-9-13(19)10-16(22)17(12)18(23)24-11/h2,4,6,8-11,14,19-20,22H,3,5,7H2,1H3/b6-2+,8-4-/t11-,14-/m0/s1. The second-order valence-electron chi connectivity index (χ2n) is 5.68. The first kappa shape index (κ1) is 17.7. The van der Waals surface area contributed by atoms with Gasteiger partial charge in [-0.25, -0.2) is 4.79 Å². The van der Waals surface area contributed by atoms with E-state index in [9.17, 15) is 24.9 Å². The molecule has 1 aliphatic heterocycles. The quantitative estimate of drug-likeness (QED) is 0.630. The largest absolute Gasteiger partial charge is 0.508 e. The predicted molar refractivity (Wildman–Crippen MR) is 87.7 cm³/mol. The monoisotopic (exact) mass is 332 g/mol. The Balaban J connectivity index is 2.38. The number of hydrogen-bond acceptors (Lipinski definition) is 6. The lowest BCUT2D eigenvalue weighted by Crippen LogP contribution is -2.18. The lowest BCUT2D eigenvalue weighted by atomic mass is 10.0. The first-order chi connectivity index (χ1) is 11.4. The SMILES string of the molecule is C[C@H]1C/C=C\C(=O)[C@@H](O)CC/C=C/c2cc(O)cc(O)c2C(=O)O1. The second kappa shape index (κ2) is 7.79. The van der Waals surface area contributed by atoms with Gasteiger partial charge in [0, 0.05) is 12.5 Å². The molecule has 128 valence electrons. The Labute approximate surface area is 139 Å². The van der Waals surface area contributed by atoms with Gasteiger partial charge >= 0.3 is 5.97 Å². The minimum Gasteiger partial charge on any atom is -0.508 e. The number of aliphatic hydroxyl groups excluding tert-OH is 1. The molecular weight excluding hydrogens is 312 g/mol. The average Bonchev–Trinajstić information content (AvgIpc) is 2.49. The van der Waals surface area contributed by atoms with Crippen molar-refractivity contribution in [1.29, 1.82) is 0 Å². The minimum atomic E-state index is -1.09. The van der Waals surface area contributed by atoms with Gasteiger partial charge in [0.2, 0.25) is 0 Å².